The summed E-state index contributed by atoms with van der Waals surface area (Å²) < 4.78 is 0. The van der Waals surface area contributed by atoms with E-state index >= 15 is 0 Å². The number of rotatable bonds is 1. The first-order valence-corrected chi connectivity index (χ1v) is 6.08. The first-order chi connectivity index (χ1) is 5.93. The highest BCUT2D eigenvalue weighted by Crippen LogP contribution is 2.76. The summed E-state index contributed by atoms with van der Waals surface area (Å²) in [4.78, 5) is 0. The van der Waals surface area contributed by atoms with Gasteiger partial charge in [0.15, 0.2) is 0 Å². The van der Waals surface area contributed by atoms with Crippen LogP contribution in [-0.4, -0.2) is 5.54 Å². The Morgan fingerprint density at radius 1 is 1.23 bits per heavy atom. The van der Waals surface area contributed by atoms with Crippen LogP contribution in [0.2, 0.25) is 5.31 Å². The predicted octanol–water partition coefficient (Wildman–Crippen LogP) is 4.17. The predicted molar refractivity (Wildman–Crippen MR) is 60.4 cm³/mol. The van der Waals surface area contributed by atoms with Crippen LogP contribution in [0.15, 0.2) is 0 Å². The molecule has 3 aliphatic rings. The zero-order valence-electron chi connectivity index (χ0n) is 8.61. The summed E-state index contributed by atoms with van der Waals surface area (Å²) in [5.74, 6) is 1.55. The summed E-state index contributed by atoms with van der Waals surface area (Å²) >= 11 is 12.4. The Morgan fingerprint density at radius 3 is 2.15 bits per heavy atom. The van der Waals surface area contributed by atoms with Crippen molar-refractivity contribution in [1.29, 1.82) is 0 Å². The third kappa shape index (κ3) is 1.01. The topological polar surface area (TPSA) is 0 Å². The van der Waals surface area contributed by atoms with E-state index in [4.69, 9.17) is 22.9 Å². The van der Waals surface area contributed by atoms with E-state index in [9.17, 15) is 0 Å². The lowest BCUT2D eigenvalue weighted by molar-refractivity contribution is -0.0837. The van der Waals surface area contributed by atoms with Gasteiger partial charge >= 0.3 is 5.54 Å². The Morgan fingerprint density at radius 2 is 1.85 bits per heavy atom. The lowest BCUT2D eigenvalue weighted by Crippen LogP contribution is -2.60. The van der Waals surface area contributed by atoms with Crippen LogP contribution in [0.1, 0.15) is 40.0 Å². The zero-order valence-corrected chi connectivity index (χ0v) is 10.1. The van der Waals surface area contributed by atoms with Gasteiger partial charge in [-0.25, -0.2) is 0 Å². The molecule has 3 fully saturated rings. The van der Waals surface area contributed by atoms with Crippen molar-refractivity contribution in [2.24, 2.45) is 17.3 Å². The van der Waals surface area contributed by atoms with Crippen molar-refractivity contribution >= 4 is 28.5 Å². The van der Waals surface area contributed by atoms with E-state index in [1.54, 1.807) is 0 Å². The van der Waals surface area contributed by atoms with E-state index in [-0.39, 0.29) is 10.9 Å². The fraction of sp³-hybridized carbons (Fsp3) is 1.00. The summed E-state index contributed by atoms with van der Waals surface area (Å²) in [6.45, 7) is 7.00. The molecule has 0 aromatic carbocycles. The third-order valence-electron chi connectivity index (χ3n) is 5.02. The van der Waals surface area contributed by atoms with Crippen molar-refractivity contribution < 1.29 is 0 Å². The number of hydrogen-bond donors (Lipinski definition) is 0. The summed E-state index contributed by atoms with van der Waals surface area (Å²) in [7, 11) is 0. The van der Waals surface area contributed by atoms with Gasteiger partial charge in [-0.15, -0.1) is 0 Å². The number of fused-ring (bicyclic) bond motifs is 2. The van der Waals surface area contributed by atoms with Crippen molar-refractivity contribution in [1.82, 2.24) is 0 Å². The van der Waals surface area contributed by atoms with Gasteiger partial charge in [0, 0.05) is 0 Å². The molecule has 0 aliphatic heterocycles. The molecule has 3 rings (SSSR count). The molecule has 0 N–H and O–H groups in total. The number of halogens is 2. The minimum absolute atomic E-state index is 0.186. The molecule has 3 unspecified atom stereocenters. The minimum atomic E-state index is -0.186. The van der Waals surface area contributed by atoms with Crippen LogP contribution in [0, 0.1) is 17.3 Å². The number of hydrogen-bond acceptors (Lipinski definition) is 0. The van der Waals surface area contributed by atoms with Crippen LogP contribution in [0.5, 0.6) is 0 Å². The van der Waals surface area contributed by atoms with Crippen LogP contribution in [-0.2, 0) is 0 Å². The van der Waals surface area contributed by atoms with Gasteiger partial charge in [-0.2, -0.15) is 22.9 Å². The van der Waals surface area contributed by atoms with Gasteiger partial charge in [0.1, 0.15) is 0 Å². The van der Waals surface area contributed by atoms with Crippen molar-refractivity contribution in [3.63, 3.8) is 0 Å². The Hall–Kier alpha value is 0.645. The largest absolute Gasteiger partial charge is 0.358 e. The molecule has 0 nitrogen and oxygen atoms in total. The Balaban J connectivity index is 2.34. The molecule has 13 heavy (non-hydrogen) atoms. The normalized spacial score (nSPS) is 46.8. The quantitative estimate of drug-likeness (QED) is 0.580. The van der Waals surface area contributed by atoms with Gasteiger partial charge in [-0.3, -0.25) is 0 Å². The molecule has 3 saturated carbocycles. The Kier molecular flexibility index (Phi) is 2.21. The molecular weight excluding hydrogens is 202 g/mol. The van der Waals surface area contributed by atoms with Crippen LogP contribution in [0.25, 0.3) is 0 Å². The molecule has 3 atom stereocenters. The molecule has 0 radical (unpaired) electrons. The van der Waals surface area contributed by atoms with Gasteiger partial charge < -0.3 is 0 Å². The van der Waals surface area contributed by atoms with Gasteiger partial charge in [0.25, 0.3) is 0 Å². The molecule has 74 valence electrons. The summed E-state index contributed by atoms with van der Waals surface area (Å²) in [5, 5.41) is 0.207. The van der Waals surface area contributed by atoms with Crippen molar-refractivity contribution in [3.8, 4) is 0 Å². The smallest absolute Gasteiger partial charge is 0.171 e. The first-order valence-electron chi connectivity index (χ1n) is 5.21. The molecule has 3 heteroatoms. The fourth-order valence-electron chi connectivity index (χ4n) is 3.77. The van der Waals surface area contributed by atoms with Crippen molar-refractivity contribution in [2.45, 2.75) is 45.3 Å². The maximum atomic E-state index is 6.18. The van der Waals surface area contributed by atoms with Crippen LogP contribution < -0.4 is 0 Å². The first kappa shape index (κ1) is 10.2. The average Bonchev–Trinajstić information content (AvgIpc) is 2.02. The molecule has 0 spiro atoms. The molecule has 0 aromatic rings. The van der Waals surface area contributed by atoms with Crippen molar-refractivity contribution in [2.75, 3.05) is 0 Å². The highest BCUT2D eigenvalue weighted by Gasteiger charge is 2.68. The highest BCUT2D eigenvalue weighted by molar-refractivity contribution is 7.35. The van der Waals surface area contributed by atoms with E-state index in [2.05, 4.69) is 20.8 Å². The Bertz CT molecular complexity index is 227. The van der Waals surface area contributed by atoms with Gasteiger partial charge in [0.05, 0.1) is 0 Å². The van der Waals surface area contributed by atoms with E-state index in [1.165, 1.54) is 19.3 Å². The van der Waals surface area contributed by atoms with Gasteiger partial charge in [-0.1, -0.05) is 27.2 Å². The second-order valence-electron chi connectivity index (χ2n) is 5.44. The molecule has 3 aliphatic carbocycles. The second kappa shape index (κ2) is 2.82. The minimum Gasteiger partial charge on any atom is -0.171 e. The van der Waals surface area contributed by atoms with E-state index < -0.39 is 0 Å². The maximum Gasteiger partial charge on any atom is 0.358 e. The molecular formula is C10H17BCl2. The van der Waals surface area contributed by atoms with Crippen LogP contribution in [0.3, 0.4) is 0 Å². The summed E-state index contributed by atoms with van der Waals surface area (Å²) in [6, 6.07) is 0. The zero-order chi connectivity index (χ0) is 9.85. The fourth-order valence-corrected chi connectivity index (χ4v) is 4.94. The van der Waals surface area contributed by atoms with Crippen LogP contribution in [0.4, 0.5) is 0 Å². The monoisotopic (exact) mass is 218 g/mol. The van der Waals surface area contributed by atoms with E-state index in [0.717, 1.165) is 5.92 Å². The highest BCUT2D eigenvalue weighted by atomic mass is 35.5. The SMILES string of the molecule is CC1CCC2CC1(B(Cl)Cl)C2(C)C. The van der Waals surface area contributed by atoms with Gasteiger partial charge in [0.2, 0.25) is 0 Å². The third-order valence-corrected chi connectivity index (χ3v) is 5.80. The second-order valence-corrected chi connectivity index (χ2v) is 6.54. The molecule has 0 amide bonds. The summed E-state index contributed by atoms with van der Waals surface area (Å²) in [5.41, 5.74) is 0.174. The summed E-state index contributed by atoms with van der Waals surface area (Å²) in [6.07, 6.45) is 3.93. The average molecular weight is 219 g/mol. The molecule has 2 bridgehead atoms. The van der Waals surface area contributed by atoms with Gasteiger partial charge in [-0.05, 0) is 35.4 Å². The van der Waals surface area contributed by atoms with Crippen molar-refractivity contribution in [3.05, 3.63) is 0 Å². The van der Waals surface area contributed by atoms with E-state index in [1.807, 2.05) is 0 Å². The lowest BCUT2D eigenvalue weighted by atomic mass is 9.29. The maximum absolute atomic E-state index is 6.18. The standard InChI is InChI=1S/C10H17BCl2/c1-7-4-5-8-6-10(7,11(12)13)9(8,2)3/h7-8H,4-6H2,1-3H3. The molecule has 0 aromatic heterocycles. The lowest BCUT2D eigenvalue weighted by Gasteiger charge is -2.69. The van der Waals surface area contributed by atoms with Crippen LogP contribution >= 0.6 is 22.9 Å². The van der Waals surface area contributed by atoms with E-state index in [0.29, 0.717) is 11.3 Å². The molecule has 0 heterocycles. The molecule has 0 saturated heterocycles. The Labute approximate surface area is 91.3 Å².